The number of aromatic nitrogens is 3. The van der Waals surface area contributed by atoms with Crippen LogP contribution >= 0.6 is 0 Å². The van der Waals surface area contributed by atoms with E-state index >= 15 is 0 Å². The van der Waals surface area contributed by atoms with Crippen LogP contribution < -0.4 is 21.1 Å². The summed E-state index contributed by atoms with van der Waals surface area (Å²) in [4.78, 5) is 22.5. The maximum atomic E-state index is 12.6. The molecule has 212 valence electrons. The number of aryl methyl sites for hydroxylation is 3. The quantitative estimate of drug-likeness (QED) is 0.301. The number of allylic oxidation sites excluding steroid dienone is 3. The number of piperazine rings is 1. The molecule has 3 aromatic heterocycles. The molecular weight excluding hydrogens is 496 g/mol. The van der Waals surface area contributed by atoms with Gasteiger partial charge in [0.25, 0.3) is 5.56 Å². The fraction of sp³-hybridized carbons (Fsp3) is 0.394. The second kappa shape index (κ2) is 12.6. The standard InChI is InChI=1S/C33H44N6O/c1-9-29(26(8)36-19-30-23(5)14-25(7)37-33(30)40)32-24(6)20-39(21(2)3)31(32)15-22(4)27-16-28(18-35-17-27)38-12-10-34-11-13-38/h9,14-18,20-21,34,36H,8,10-13,19H2,1-7H3,(H,37,40)/b22-15+,29-9-. The van der Waals surface area contributed by atoms with Crippen LogP contribution in [-0.2, 0) is 6.54 Å². The maximum Gasteiger partial charge on any atom is 0.253 e. The van der Waals surface area contributed by atoms with E-state index in [0.29, 0.717) is 6.54 Å². The predicted molar refractivity (Wildman–Crippen MR) is 169 cm³/mol. The highest BCUT2D eigenvalue weighted by atomic mass is 16.1. The fourth-order valence-electron chi connectivity index (χ4n) is 5.49. The summed E-state index contributed by atoms with van der Waals surface area (Å²) in [5.74, 6) is 0. The SMILES string of the molecule is C=C(NCc1c(C)cc(C)[nH]c1=O)/C(=C/C)c1c(C)cn(C(C)C)c1/C=C(\C)c1cncc(N2CCNCC2)c1. The van der Waals surface area contributed by atoms with Crippen molar-refractivity contribution in [1.29, 1.82) is 0 Å². The van der Waals surface area contributed by atoms with Crippen LogP contribution in [0.3, 0.4) is 0 Å². The van der Waals surface area contributed by atoms with Crippen molar-refractivity contribution in [2.45, 2.75) is 61.1 Å². The molecule has 1 aliphatic heterocycles. The first-order valence-electron chi connectivity index (χ1n) is 14.2. The van der Waals surface area contributed by atoms with Crippen LogP contribution in [0.1, 0.15) is 72.9 Å². The van der Waals surface area contributed by atoms with Gasteiger partial charge < -0.3 is 25.1 Å². The van der Waals surface area contributed by atoms with E-state index < -0.39 is 0 Å². The lowest BCUT2D eigenvalue weighted by atomic mass is 9.97. The van der Waals surface area contributed by atoms with Crippen LogP contribution in [-0.4, -0.2) is 40.7 Å². The third kappa shape index (κ3) is 6.31. The molecule has 3 aromatic rings. The van der Waals surface area contributed by atoms with Gasteiger partial charge in [-0.1, -0.05) is 12.7 Å². The monoisotopic (exact) mass is 540 g/mol. The molecule has 0 aromatic carbocycles. The van der Waals surface area contributed by atoms with E-state index in [1.807, 2.05) is 39.2 Å². The molecule has 0 unspecified atom stereocenters. The number of hydrogen-bond acceptors (Lipinski definition) is 5. The van der Waals surface area contributed by atoms with Crippen molar-refractivity contribution < 1.29 is 0 Å². The molecule has 0 atom stereocenters. The van der Waals surface area contributed by atoms with Gasteiger partial charge in [-0.3, -0.25) is 9.78 Å². The van der Waals surface area contributed by atoms with E-state index in [1.54, 1.807) is 0 Å². The number of pyridine rings is 2. The molecule has 1 aliphatic rings. The van der Waals surface area contributed by atoms with E-state index in [2.05, 4.69) is 88.8 Å². The highest BCUT2D eigenvalue weighted by Gasteiger charge is 2.20. The molecule has 40 heavy (non-hydrogen) atoms. The summed E-state index contributed by atoms with van der Waals surface area (Å²) in [6.45, 7) is 23.4. The minimum atomic E-state index is -0.0575. The summed E-state index contributed by atoms with van der Waals surface area (Å²) >= 11 is 0. The molecule has 4 rings (SSSR count). The second-order valence-electron chi connectivity index (χ2n) is 11.0. The van der Waals surface area contributed by atoms with Crippen LogP contribution in [0.4, 0.5) is 5.69 Å². The third-order valence-corrected chi connectivity index (χ3v) is 7.69. The minimum Gasteiger partial charge on any atom is -0.381 e. The Hall–Kier alpha value is -3.84. The molecule has 0 bridgehead atoms. The van der Waals surface area contributed by atoms with Crippen molar-refractivity contribution in [3.63, 3.8) is 0 Å². The first-order chi connectivity index (χ1) is 19.1. The number of nitrogens with zero attached hydrogens (tertiary/aromatic N) is 3. The summed E-state index contributed by atoms with van der Waals surface area (Å²) in [5.41, 5.74) is 11.2. The Kier molecular flexibility index (Phi) is 9.15. The maximum absolute atomic E-state index is 12.6. The third-order valence-electron chi connectivity index (χ3n) is 7.69. The fourth-order valence-corrected chi connectivity index (χ4v) is 5.49. The van der Waals surface area contributed by atoms with Crippen LogP contribution in [0.25, 0.3) is 17.2 Å². The zero-order chi connectivity index (χ0) is 29.0. The van der Waals surface area contributed by atoms with Crippen molar-refractivity contribution in [2.24, 2.45) is 0 Å². The molecule has 0 saturated carbocycles. The highest BCUT2D eigenvalue weighted by Crippen LogP contribution is 2.34. The van der Waals surface area contributed by atoms with Crippen molar-refractivity contribution >= 4 is 22.9 Å². The van der Waals surface area contributed by atoms with E-state index in [1.165, 1.54) is 5.56 Å². The zero-order valence-electron chi connectivity index (χ0n) is 25.1. The first kappa shape index (κ1) is 29.2. The number of rotatable bonds is 9. The molecular formula is C33H44N6O. The Bertz CT molecular complexity index is 1500. The van der Waals surface area contributed by atoms with Gasteiger partial charge in [-0.2, -0.15) is 0 Å². The minimum absolute atomic E-state index is 0.0575. The molecule has 4 heterocycles. The van der Waals surface area contributed by atoms with Gasteiger partial charge in [0.1, 0.15) is 0 Å². The Balaban J connectivity index is 1.68. The molecule has 0 amide bonds. The number of aromatic amines is 1. The molecule has 3 N–H and O–H groups in total. The smallest absolute Gasteiger partial charge is 0.253 e. The topological polar surface area (TPSA) is 78.0 Å². The second-order valence-corrected chi connectivity index (χ2v) is 11.0. The van der Waals surface area contributed by atoms with Crippen molar-refractivity contribution in [2.75, 3.05) is 31.1 Å². The van der Waals surface area contributed by atoms with Crippen LogP contribution in [0, 0.1) is 20.8 Å². The number of H-pyrrole nitrogens is 1. The number of hydrogen-bond donors (Lipinski definition) is 3. The summed E-state index contributed by atoms with van der Waals surface area (Å²) < 4.78 is 2.33. The van der Waals surface area contributed by atoms with E-state index in [4.69, 9.17) is 0 Å². The Labute approximate surface area is 238 Å². The average Bonchev–Trinajstić information content (AvgIpc) is 3.24. The number of anilines is 1. The van der Waals surface area contributed by atoms with Gasteiger partial charge in [0.05, 0.1) is 11.9 Å². The molecule has 1 saturated heterocycles. The van der Waals surface area contributed by atoms with Gasteiger partial charge in [-0.15, -0.1) is 0 Å². The summed E-state index contributed by atoms with van der Waals surface area (Å²) in [5, 5.41) is 6.86. The van der Waals surface area contributed by atoms with Crippen LogP contribution in [0.2, 0.25) is 0 Å². The Morgan fingerprint density at radius 2 is 1.88 bits per heavy atom. The highest BCUT2D eigenvalue weighted by molar-refractivity contribution is 5.89. The van der Waals surface area contributed by atoms with Gasteiger partial charge in [-0.05, 0) is 88.9 Å². The van der Waals surface area contributed by atoms with Crippen molar-refractivity contribution in [3.8, 4) is 0 Å². The lowest BCUT2D eigenvalue weighted by Gasteiger charge is -2.29. The Morgan fingerprint density at radius 1 is 1.15 bits per heavy atom. The molecule has 7 heteroatoms. The summed E-state index contributed by atoms with van der Waals surface area (Å²) in [6.07, 6.45) is 10.5. The van der Waals surface area contributed by atoms with Gasteiger partial charge in [-0.25, -0.2) is 0 Å². The van der Waals surface area contributed by atoms with Crippen LogP contribution in [0.5, 0.6) is 0 Å². The summed E-state index contributed by atoms with van der Waals surface area (Å²) in [6, 6.07) is 4.53. The molecule has 0 spiro atoms. The van der Waals surface area contributed by atoms with E-state index in [-0.39, 0.29) is 11.6 Å². The van der Waals surface area contributed by atoms with Gasteiger partial charge in [0.2, 0.25) is 0 Å². The molecule has 7 nitrogen and oxygen atoms in total. The van der Waals surface area contributed by atoms with E-state index in [9.17, 15) is 4.79 Å². The molecule has 0 radical (unpaired) electrons. The van der Waals surface area contributed by atoms with Crippen molar-refractivity contribution in [3.05, 3.63) is 98.6 Å². The van der Waals surface area contributed by atoms with Crippen LogP contribution in [0.15, 0.2) is 53.9 Å². The lowest BCUT2D eigenvalue weighted by molar-refractivity contribution is 0.588. The van der Waals surface area contributed by atoms with Gasteiger partial charge in [0.15, 0.2) is 0 Å². The number of nitrogens with one attached hydrogen (secondary N) is 3. The Morgan fingerprint density at radius 3 is 2.52 bits per heavy atom. The largest absolute Gasteiger partial charge is 0.381 e. The normalized spacial score (nSPS) is 14.7. The average molecular weight is 541 g/mol. The molecule has 1 fully saturated rings. The molecule has 0 aliphatic carbocycles. The van der Waals surface area contributed by atoms with Gasteiger partial charge in [0, 0.05) is 84.9 Å². The van der Waals surface area contributed by atoms with Gasteiger partial charge >= 0.3 is 0 Å². The zero-order valence-corrected chi connectivity index (χ0v) is 25.1. The van der Waals surface area contributed by atoms with E-state index in [0.717, 1.165) is 82.4 Å². The summed E-state index contributed by atoms with van der Waals surface area (Å²) in [7, 11) is 0. The predicted octanol–water partition coefficient (Wildman–Crippen LogP) is 5.75. The van der Waals surface area contributed by atoms with Crippen molar-refractivity contribution in [1.82, 2.24) is 25.2 Å². The lowest BCUT2D eigenvalue weighted by Crippen LogP contribution is -2.43. The first-order valence-corrected chi connectivity index (χ1v) is 14.2.